The topological polar surface area (TPSA) is 38.5 Å². The lowest BCUT2D eigenvalue weighted by Crippen LogP contribution is -2.18. The number of hydrogen-bond donors (Lipinski definition) is 1. The van der Waals surface area contributed by atoms with Crippen LogP contribution in [-0.4, -0.2) is 13.2 Å². The van der Waals surface area contributed by atoms with E-state index in [1.54, 1.807) is 0 Å². The molecule has 0 aliphatic carbocycles. The molecule has 0 aromatic heterocycles. The van der Waals surface area contributed by atoms with Gasteiger partial charge in [-0.3, -0.25) is 0 Å². The zero-order valence-corrected chi connectivity index (χ0v) is 12.6. The summed E-state index contributed by atoms with van der Waals surface area (Å²) in [6, 6.07) is 14.3. The van der Waals surface area contributed by atoms with Crippen molar-refractivity contribution < 1.29 is 4.74 Å². The molecule has 0 saturated carbocycles. The Kier molecular flexibility index (Phi) is 3.50. The predicted molar refractivity (Wildman–Crippen MR) is 87.1 cm³/mol. The fourth-order valence-electron chi connectivity index (χ4n) is 2.35. The van der Waals surface area contributed by atoms with Crippen LogP contribution in [0.2, 0.25) is 0 Å². The third kappa shape index (κ3) is 2.49. The van der Waals surface area contributed by atoms with Gasteiger partial charge >= 0.3 is 0 Å². The number of nitrogens with two attached hydrogens (primary N) is 1. The van der Waals surface area contributed by atoms with E-state index in [1.165, 1.54) is 0 Å². The molecule has 1 heterocycles. The van der Waals surface area contributed by atoms with Crippen molar-refractivity contribution in [3.8, 4) is 5.75 Å². The van der Waals surface area contributed by atoms with Crippen molar-refractivity contribution >= 4 is 39.7 Å². The standard InChI is InChI=1S/C15H15IN2O/c16-11-6-7-13(12(17)10-11)18-8-3-9-19-15-5-2-1-4-14(15)18/h1-2,4-7,10H,3,8-9,17H2. The molecule has 0 radical (unpaired) electrons. The SMILES string of the molecule is Nc1cc(I)ccc1N1CCCOc2ccccc21. The summed E-state index contributed by atoms with van der Waals surface area (Å²) in [6.45, 7) is 1.67. The van der Waals surface area contributed by atoms with Gasteiger partial charge in [0.2, 0.25) is 0 Å². The van der Waals surface area contributed by atoms with Gasteiger partial charge in [0.05, 0.1) is 23.7 Å². The predicted octanol–water partition coefficient (Wildman–Crippen LogP) is 3.79. The molecule has 98 valence electrons. The summed E-state index contributed by atoms with van der Waals surface area (Å²) >= 11 is 2.28. The Bertz CT molecular complexity index is 600. The minimum atomic E-state index is 0.748. The van der Waals surface area contributed by atoms with Crippen molar-refractivity contribution in [2.24, 2.45) is 0 Å². The summed E-state index contributed by atoms with van der Waals surface area (Å²) in [5.74, 6) is 0.929. The molecule has 0 spiro atoms. The summed E-state index contributed by atoms with van der Waals surface area (Å²) in [4.78, 5) is 2.24. The van der Waals surface area contributed by atoms with Crippen LogP contribution < -0.4 is 15.4 Å². The minimum Gasteiger partial charge on any atom is -0.491 e. The maximum absolute atomic E-state index is 6.17. The zero-order valence-electron chi connectivity index (χ0n) is 10.5. The number of para-hydroxylation sites is 2. The van der Waals surface area contributed by atoms with Crippen molar-refractivity contribution in [2.45, 2.75) is 6.42 Å². The molecule has 0 atom stereocenters. The van der Waals surface area contributed by atoms with Crippen LogP contribution in [-0.2, 0) is 0 Å². The first-order chi connectivity index (χ1) is 9.25. The average molecular weight is 366 g/mol. The molecular formula is C15H15IN2O. The van der Waals surface area contributed by atoms with Crippen molar-refractivity contribution in [1.29, 1.82) is 0 Å². The average Bonchev–Trinajstić information content (AvgIpc) is 2.61. The van der Waals surface area contributed by atoms with Crippen molar-refractivity contribution in [1.82, 2.24) is 0 Å². The summed E-state index contributed by atoms with van der Waals surface area (Å²) in [6.07, 6.45) is 0.986. The number of nitrogens with zero attached hydrogens (tertiary/aromatic N) is 1. The van der Waals surface area contributed by atoms with Crippen molar-refractivity contribution in [2.75, 3.05) is 23.8 Å². The monoisotopic (exact) mass is 366 g/mol. The molecular weight excluding hydrogens is 351 g/mol. The van der Waals surface area contributed by atoms with Gasteiger partial charge < -0.3 is 15.4 Å². The number of ether oxygens (including phenoxy) is 1. The van der Waals surface area contributed by atoms with E-state index in [0.717, 1.165) is 46.0 Å². The maximum atomic E-state index is 6.17. The van der Waals surface area contributed by atoms with Crippen molar-refractivity contribution in [3.63, 3.8) is 0 Å². The van der Waals surface area contributed by atoms with E-state index >= 15 is 0 Å². The number of anilines is 3. The van der Waals surface area contributed by atoms with Gasteiger partial charge in [0.15, 0.2) is 0 Å². The number of nitrogen functional groups attached to an aromatic ring is 1. The Morgan fingerprint density at radius 3 is 2.79 bits per heavy atom. The lowest BCUT2D eigenvalue weighted by atomic mass is 10.2. The molecule has 4 heteroatoms. The highest BCUT2D eigenvalue weighted by molar-refractivity contribution is 14.1. The third-order valence-corrected chi connectivity index (χ3v) is 3.89. The summed E-state index contributed by atoms with van der Waals surface area (Å²) in [5.41, 5.74) is 9.13. The second-order valence-corrected chi connectivity index (χ2v) is 5.77. The van der Waals surface area contributed by atoms with Crippen LogP contribution in [0.5, 0.6) is 5.75 Å². The number of rotatable bonds is 1. The molecule has 2 N–H and O–H groups in total. The summed E-state index contributed by atoms with van der Waals surface area (Å²) < 4.78 is 6.93. The van der Waals surface area contributed by atoms with Gasteiger partial charge in [0.25, 0.3) is 0 Å². The maximum Gasteiger partial charge on any atom is 0.142 e. The van der Waals surface area contributed by atoms with Gasteiger partial charge in [-0.2, -0.15) is 0 Å². The summed E-state index contributed by atoms with van der Waals surface area (Å²) in [7, 11) is 0. The second-order valence-electron chi connectivity index (χ2n) is 4.52. The smallest absolute Gasteiger partial charge is 0.142 e. The van der Waals surface area contributed by atoms with E-state index in [4.69, 9.17) is 10.5 Å². The third-order valence-electron chi connectivity index (χ3n) is 3.22. The lowest BCUT2D eigenvalue weighted by Gasteiger charge is -2.25. The Labute approximate surface area is 126 Å². The first kappa shape index (κ1) is 12.6. The molecule has 0 unspecified atom stereocenters. The van der Waals surface area contributed by atoms with E-state index in [2.05, 4.69) is 45.7 Å². The molecule has 1 aliphatic rings. The first-order valence-corrected chi connectivity index (χ1v) is 7.38. The number of hydrogen-bond acceptors (Lipinski definition) is 3. The molecule has 3 nitrogen and oxygen atoms in total. The molecule has 0 amide bonds. The van der Waals surface area contributed by atoms with Crippen LogP contribution in [0.1, 0.15) is 6.42 Å². The number of benzene rings is 2. The molecule has 2 aromatic rings. The van der Waals surface area contributed by atoms with Gasteiger partial charge in [-0.1, -0.05) is 12.1 Å². The lowest BCUT2D eigenvalue weighted by molar-refractivity contribution is 0.322. The van der Waals surface area contributed by atoms with Crippen molar-refractivity contribution in [3.05, 3.63) is 46.0 Å². The fourth-order valence-corrected chi connectivity index (χ4v) is 2.86. The van der Waals surface area contributed by atoms with Gasteiger partial charge in [-0.05, 0) is 59.3 Å². The molecule has 0 saturated heterocycles. The Morgan fingerprint density at radius 2 is 1.95 bits per heavy atom. The van der Waals surface area contributed by atoms with Crippen LogP contribution in [0.25, 0.3) is 0 Å². The van der Waals surface area contributed by atoms with E-state index in [1.807, 2.05) is 24.3 Å². The molecule has 0 bridgehead atoms. The fraction of sp³-hybridized carbons (Fsp3) is 0.200. The number of fused-ring (bicyclic) bond motifs is 1. The normalized spacial score (nSPS) is 14.5. The highest BCUT2D eigenvalue weighted by Crippen LogP contribution is 2.38. The molecule has 1 aliphatic heterocycles. The largest absolute Gasteiger partial charge is 0.491 e. The van der Waals surface area contributed by atoms with E-state index in [9.17, 15) is 0 Å². The Morgan fingerprint density at radius 1 is 1.11 bits per heavy atom. The van der Waals surface area contributed by atoms with Gasteiger partial charge in [0.1, 0.15) is 5.75 Å². The van der Waals surface area contributed by atoms with E-state index < -0.39 is 0 Å². The van der Waals surface area contributed by atoms with E-state index in [-0.39, 0.29) is 0 Å². The highest BCUT2D eigenvalue weighted by atomic mass is 127. The van der Waals surface area contributed by atoms with Gasteiger partial charge in [-0.15, -0.1) is 0 Å². The first-order valence-electron chi connectivity index (χ1n) is 6.30. The molecule has 3 rings (SSSR count). The van der Waals surface area contributed by atoms with Gasteiger partial charge in [-0.25, -0.2) is 0 Å². The van der Waals surface area contributed by atoms with Crippen LogP contribution in [0.4, 0.5) is 17.1 Å². The highest BCUT2D eigenvalue weighted by Gasteiger charge is 2.18. The van der Waals surface area contributed by atoms with Crippen LogP contribution in [0.3, 0.4) is 0 Å². The van der Waals surface area contributed by atoms with Crippen LogP contribution >= 0.6 is 22.6 Å². The van der Waals surface area contributed by atoms with E-state index in [0.29, 0.717) is 0 Å². The van der Waals surface area contributed by atoms with Crippen LogP contribution in [0.15, 0.2) is 42.5 Å². The Hall–Kier alpha value is -1.43. The quantitative estimate of drug-likeness (QED) is 0.617. The second kappa shape index (κ2) is 5.28. The van der Waals surface area contributed by atoms with Gasteiger partial charge in [0, 0.05) is 10.1 Å². The Balaban J connectivity index is 2.09. The molecule has 19 heavy (non-hydrogen) atoms. The molecule has 2 aromatic carbocycles. The summed E-state index contributed by atoms with van der Waals surface area (Å²) in [5, 5.41) is 0. The zero-order chi connectivity index (χ0) is 13.2. The molecule has 0 fully saturated rings. The van der Waals surface area contributed by atoms with Crippen LogP contribution in [0, 0.1) is 3.57 Å². The minimum absolute atomic E-state index is 0.748. The number of halogens is 1.